The third-order valence-electron chi connectivity index (χ3n) is 4.29. The molecule has 0 aromatic heterocycles. The summed E-state index contributed by atoms with van der Waals surface area (Å²) in [6, 6.07) is 17.9. The van der Waals surface area contributed by atoms with Crippen LogP contribution in [0.3, 0.4) is 0 Å². The van der Waals surface area contributed by atoms with E-state index in [0.29, 0.717) is 13.0 Å². The number of benzene rings is 2. The average molecular weight is 363 g/mol. The highest BCUT2D eigenvalue weighted by Crippen LogP contribution is 2.61. The Morgan fingerprint density at radius 3 is 2.46 bits per heavy atom. The van der Waals surface area contributed by atoms with Crippen LogP contribution in [0.5, 0.6) is 5.75 Å². The molecule has 2 nitrogen and oxygen atoms in total. The molecule has 0 saturated heterocycles. The molecule has 0 heterocycles. The van der Waals surface area contributed by atoms with Gasteiger partial charge in [-0.05, 0) is 41.8 Å². The molecule has 0 bridgehead atoms. The second kappa shape index (κ2) is 6.79. The van der Waals surface area contributed by atoms with Gasteiger partial charge in [-0.25, -0.2) is 0 Å². The molecule has 0 amide bonds. The highest BCUT2D eigenvalue weighted by Gasteiger charge is 2.66. The number of hydrogen-bond acceptors (Lipinski definition) is 2. The molecule has 2 aromatic rings. The number of halogens is 2. The Labute approximate surface area is 153 Å². The van der Waals surface area contributed by atoms with E-state index in [1.54, 1.807) is 7.11 Å². The highest BCUT2D eigenvalue weighted by atomic mass is 35.5. The van der Waals surface area contributed by atoms with Crippen molar-refractivity contribution in [2.75, 3.05) is 7.11 Å². The van der Waals surface area contributed by atoms with Gasteiger partial charge in [-0.2, -0.15) is 0 Å². The molecule has 1 saturated carbocycles. The molecule has 1 unspecified atom stereocenters. The van der Waals surface area contributed by atoms with Crippen LogP contribution in [-0.4, -0.2) is 17.0 Å². The van der Waals surface area contributed by atoms with E-state index in [1.807, 2.05) is 55.5 Å². The fraction of sp³-hybridized carbons (Fsp3) is 0.300. The van der Waals surface area contributed by atoms with Crippen LogP contribution in [0.15, 0.2) is 60.7 Å². The zero-order chi connectivity index (χ0) is 17.2. The minimum atomic E-state index is -0.887. The fourth-order valence-corrected chi connectivity index (χ4v) is 3.36. The lowest BCUT2D eigenvalue weighted by molar-refractivity contribution is 0.0519. The van der Waals surface area contributed by atoms with Crippen LogP contribution in [0.4, 0.5) is 0 Å². The van der Waals surface area contributed by atoms with Crippen LogP contribution in [0.2, 0.25) is 0 Å². The Morgan fingerprint density at radius 1 is 1.12 bits per heavy atom. The third kappa shape index (κ3) is 3.61. The first-order valence-electron chi connectivity index (χ1n) is 7.85. The Morgan fingerprint density at radius 2 is 1.83 bits per heavy atom. The molecule has 126 valence electrons. The van der Waals surface area contributed by atoms with Crippen LogP contribution in [0.1, 0.15) is 24.5 Å². The number of allylic oxidation sites excluding steroid dienone is 1. The second-order valence-electron chi connectivity index (χ2n) is 6.10. The van der Waals surface area contributed by atoms with Gasteiger partial charge in [0.25, 0.3) is 0 Å². The Kier molecular flexibility index (Phi) is 4.91. The first-order chi connectivity index (χ1) is 11.5. The van der Waals surface area contributed by atoms with E-state index in [1.165, 1.54) is 0 Å². The summed E-state index contributed by atoms with van der Waals surface area (Å²) in [5.41, 5.74) is 2.61. The minimum Gasteiger partial charge on any atom is -0.497 e. The van der Waals surface area contributed by atoms with Gasteiger partial charge in [0.05, 0.1) is 13.7 Å². The second-order valence-corrected chi connectivity index (χ2v) is 7.59. The first-order valence-corrected chi connectivity index (χ1v) is 8.61. The van der Waals surface area contributed by atoms with E-state index in [0.717, 1.165) is 22.4 Å². The van der Waals surface area contributed by atoms with Gasteiger partial charge in [0.1, 0.15) is 11.4 Å². The molecule has 1 aliphatic rings. The summed E-state index contributed by atoms with van der Waals surface area (Å²) in [6.45, 7) is 2.48. The highest BCUT2D eigenvalue weighted by molar-refractivity contribution is 6.52. The first kappa shape index (κ1) is 17.3. The smallest absolute Gasteiger partial charge is 0.153 e. The molecule has 0 radical (unpaired) electrons. The molecular weight excluding hydrogens is 343 g/mol. The van der Waals surface area contributed by atoms with E-state index in [-0.39, 0.29) is 0 Å². The van der Waals surface area contributed by atoms with E-state index in [9.17, 15) is 0 Å². The molecule has 4 heteroatoms. The number of rotatable bonds is 6. The van der Waals surface area contributed by atoms with Crippen LogP contribution >= 0.6 is 23.2 Å². The Bertz CT molecular complexity index is 740. The van der Waals surface area contributed by atoms with Crippen molar-refractivity contribution in [2.24, 2.45) is 0 Å². The van der Waals surface area contributed by atoms with Gasteiger partial charge < -0.3 is 9.47 Å². The topological polar surface area (TPSA) is 18.5 Å². The predicted octanol–water partition coefficient (Wildman–Crippen LogP) is 5.63. The summed E-state index contributed by atoms with van der Waals surface area (Å²) in [7, 11) is 1.65. The molecule has 0 N–H and O–H groups in total. The van der Waals surface area contributed by atoms with Crippen molar-refractivity contribution in [3.63, 3.8) is 0 Å². The van der Waals surface area contributed by atoms with Crippen molar-refractivity contribution in [2.45, 2.75) is 29.9 Å². The minimum absolute atomic E-state index is 0.428. The molecule has 2 aromatic carbocycles. The molecule has 1 fully saturated rings. The molecule has 3 rings (SSSR count). The van der Waals surface area contributed by atoms with Crippen molar-refractivity contribution >= 4 is 28.8 Å². The maximum absolute atomic E-state index is 6.39. The summed E-state index contributed by atoms with van der Waals surface area (Å²) in [5, 5.41) is 0. The molecule has 0 spiro atoms. The van der Waals surface area contributed by atoms with Gasteiger partial charge in [-0.3, -0.25) is 0 Å². The van der Waals surface area contributed by atoms with E-state index in [2.05, 4.69) is 12.1 Å². The van der Waals surface area contributed by atoms with Crippen LogP contribution < -0.4 is 4.74 Å². The SMILES string of the molecule is COc1cccc(COC2(/C=C(\C)c3ccccc3)CC2(Cl)Cl)c1. The molecule has 24 heavy (non-hydrogen) atoms. The van der Waals surface area contributed by atoms with Crippen molar-refractivity contribution in [3.05, 3.63) is 71.8 Å². The lowest BCUT2D eigenvalue weighted by Crippen LogP contribution is -2.19. The lowest BCUT2D eigenvalue weighted by atomic mass is 10.1. The maximum atomic E-state index is 6.39. The van der Waals surface area contributed by atoms with Gasteiger partial charge >= 0.3 is 0 Å². The standard InChI is InChI=1S/C20H20Cl2O2/c1-15(17-8-4-3-5-9-17)12-19(14-20(19,21)22)24-13-16-7-6-10-18(11-16)23-2/h3-12H,13-14H2,1-2H3/b15-12+. The summed E-state index contributed by atoms with van der Waals surface area (Å²) < 4.78 is 10.5. The van der Waals surface area contributed by atoms with Crippen LogP contribution in [0, 0.1) is 0 Å². The number of hydrogen-bond donors (Lipinski definition) is 0. The van der Waals surface area contributed by atoms with Crippen molar-refractivity contribution in [1.29, 1.82) is 0 Å². The largest absolute Gasteiger partial charge is 0.497 e. The molecular formula is C20H20Cl2O2. The van der Waals surface area contributed by atoms with Crippen molar-refractivity contribution in [3.8, 4) is 5.75 Å². The quantitative estimate of drug-likeness (QED) is 0.619. The lowest BCUT2D eigenvalue weighted by Gasteiger charge is -2.17. The normalized spacial score (nSPS) is 22.2. The zero-order valence-electron chi connectivity index (χ0n) is 13.8. The summed E-state index contributed by atoms with van der Waals surface area (Å²) in [5.74, 6) is 0.806. The number of methoxy groups -OCH3 is 1. The zero-order valence-corrected chi connectivity index (χ0v) is 15.3. The third-order valence-corrected chi connectivity index (χ3v) is 5.20. The van der Waals surface area contributed by atoms with Crippen molar-refractivity contribution < 1.29 is 9.47 Å². The molecule has 1 aliphatic carbocycles. The summed E-state index contributed by atoms with van der Waals surface area (Å²) >= 11 is 12.8. The van der Waals surface area contributed by atoms with Crippen LogP contribution in [0.25, 0.3) is 5.57 Å². The van der Waals surface area contributed by atoms with Crippen molar-refractivity contribution in [1.82, 2.24) is 0 Å². The number of alkyl halides is 2. The van der Waals surface area contributed by atoms with E-state index < -0.39 is 9.93 Å². The van der Waals surface area contributed by atoms with E-state index in [4.69, 9.17) is 32.7 Å². The van der Waals surface area contributed by atoms with Gasteiger partial charge in [-0.1, -0.05) is 65.7 Å². The molecule has 0 aliphatic heterocycles. The monoisotopic (exact) mass is 362 g/mol. The van der Waals surface area contributed by atoms with Gasteiger partial charge in [0.15, 0.2) is 4.33 Å². The number of ether oxygens (including phenoxy) is 2. The summed E-state index contributed by atoms with van der Waals surface area (Å²) in [4.78, 5) is 0. The van der Waals surface area contributed by atoms with Crippen LogP contribution in [-0.2, 0) is 11.3 Å². The fourth-order valence-electron chi connectivity index (χ4n) is 2.75. The maximum Gasteiger partial charge on any atom is 0.153 e. The van der Waals surface area contributed by atoms with Gasteiger partial charge in [-0.15, -0.1) is 0 Å². The average Bonchev–Trinajstić information content (AvgIpc) is 3.14. The Hall–Kier alpha value is -1.48. The van der Waals surface area contributed by atoms with Gasteiger partial charge in [0.2, 0.25) is 0 Å². The van der Waals surface area contributed by atoms with Gasteiger partial charge in [0, 0.05) is 6.42 Å². The predicted molar refractivity (Wildman–Crippen MR) is 99.7 cm³/mol. The Balaban J connectivity index is 1.77. The molecule has 1 atom stereocenters. The van der Waals surface area contributed by atoms with E-state index >= 15 is 0 Å². The summed E-state index contributed by atoms with van der Waals surface area (Å²) in [6.07, 6.45) is 2.62.